The van der Waals surface area contributed by atoms with Crippen LogP contribution in [-0.4, -0.2) is 17.3 Å². The zero-order valence-electron chi connectivity index (χ0n) is 9.21. The predicted octanol–water partition coefficient (Wildman–Crippen LogP) is 3.28. The summed E-state index contributed by atoms with van der Waals surface area (Å²) in [6.07, 6.45) is 9.44. The standard InChI is InChI=1S/C12H20OS/c1-12-6-4-3-5-9(12)7-10(13)11(8-12)14-2/h9,11H,3-8H2,1-2H3/t9-,11+,12-/m0/s1. The first kappa shape index (κ1) is 10.5. The van der Waals surface area contributed by atoms with E-state index in [1.54, 1.807) is 11.8 Å². The SMILES string of the molecule is CS[C@@H]1C[C@]2(C)CCCC[C@H]2CC1=O. The van der Waals surface area contributed by atoms with Crippen molar-refractivity contribution < 1.29 is 4.79 Å². The van der Waals surface area contributed by atoms with Crippen LogP contribution in [0.15, 0.2) is 0 Å². The number of fused-ring (bicyclic) bond motifs is 1. The van der Waals surface area contributed by atoms with Crippen LogP contribution in [0.3, 0.4) is 0 Å². The van der Waals surface area contributed by atoms with Gasteiger partial charge in [-0.15, -0.1) is 0 Å². The monoisotopic (exact) mass is 212 g/mol. The van der Waals surface area contributed by atoms with Gasteiger partial charge in [-0.3, -0.25) is 4.79 Å². The molecule has 0 bridgehead atoms. The maximum absolute atomic E-state index is 11.8. The molecular formula is C12H20OS. The minimum absolute atomic E-state index is 0.300. The lowest BCUT2D eigenvalue weighted by molar-refractivity contribution is -0.125. The molecule has 0 aromatic rings. The molecule has 0 unspecified atom stereocenters. The Balaban J connectivity index is 2.13. The van der Waals surface area contributed by atoms with Crippen molar-refractivity contribution in [3.8, 4) is 0 Å². The fourth-order valence-electron chi connectivity index (χ4n) is 3.22. The first-order valence-corrected chi connectivity index (χ1v) is 7.00. The third kappa shape index (κ3) is 1.73. The molecule has 2 saturated carbocycles. The number of rotatable bonds is 1. The molecule has 2 rings (SSSR count). The van der Waals surface area contributed by atoms with E-state index in [4.69, 9.17) is 0 Å². The van der Waals surface area contributed by atoms with E-state index in [-0.39, 0.29) is 0 Å². The third-order valence-electron chi connectivity index (χ3n) is 4.28. The maximum Gasteiger partial charge on any atom is 0.146 e. The van der Waals surface area contributed by atoms with Gasteiger partial charge in [-0.05, 0) is 36.9 Å². The second-order valence-electron chi connectivity index (χ2n) is 5.20. The van der Waals surface area contributed by atoms with E-state index in [1.165, 1.54) is 25.7 Å². The van der Waals surface area contributed by atoms with Gasteiger partial charge in [0.05, 0.1) is 5.25 Å². The van der Waals surface area contributed by atoms with Crippen molar-refractivity contribution in [3.05, 3.63) is 0 Å². The molecule has 0 heterocycles. The molecule has 2 heteroatoms. The summed E-state index contributed by atoms with van der Waals surface area (Å²) in [4.78, 5) is 11.8. The molecule has 2 aliphatic rings. The van der Waals surface area contributed by atoms with E-state index in [0.717, 1.165) is 12.8 Å². The molecule has 1 nitrogen and oxygen atoms in total. The van der Waals surface area contributed by atoms with Crippen LogP contribution in [0.5, 0.6) is 0 Å². The van der Waals surface area contributed by atoms with Gasteiger partial charge in [0, 0.05) is 6.42 Å². The molecule has 0 spiro atoms. The smallest absolute Gasteiger partial charge is 0.146 e. The Hall–Kier alpha value is 0.0200. The topological polar surface area (TPSA) is 17.1 Å². The van der Waals surface area contributed by atoms with Crippen molar-refractivity contribution in [1.82, 2.24) is 0 Å². The highest BCUT2D eigenvalue weighted by Crippen LogP contribution is 2.50. The number of ketones is 1. The van der Waals surface area contributed by atoms with Crippen LogP contribution in [0.25, 0.3) is 0 Å². The van der Waals surface area contributed by atoms with E-state index < -0.39 is 0 Å². The molecule has 0 N–H and O–H groups in total. The van der Waals surface area contributed by atoms with Gasteiger partial charge in [0.25, 0.3) is 0 Å². The lowest BCUT2D eigenvalue weighted by Gasteiger charge is -2.46. The molecule has 14 heavy (non-hydrogen) atoms. The van der Waals surface area contributed by atoms with Gasteiger partial charge in [0.1, 0.15) is 5.78 Å². The van der Waals surface area contributed by atoms with Crippen molar-refractivity contribution in [3.63, 3.8) is 0 Å². The highest BCUT2D eigenvalue weighted by molar-refractivity contribution is 7.99. The normalized spacial score (nSPS) is 43.4. The van der Waals surface area contributed by atoms with E-state index in [1.807, 2.05) is 0 Å². The van der Waals surface area contributed by atoms with Gasteiger partial charge in [0.2, 0.25) is 0 Å². The number of Topliss-reactive ketones (excluding diaryl/α,β-unsaturated/α-hetero) is 1. The summed E-state index contributed by atoms with van der Waals surface area (Å²) < 4.78 is 0. The predicted molar refractivity (Wildman–Crippen MR) is 61.6 cm³/mol. The van der Waals surface area contributed by atoms with Crippen molar-refractivity contribution in [2.24, 2.45) is 11.3 Å². The maximum atomic E-state index is 11.8. The van der Waals surface area contributed by atoms with Gasteiger partial charge in [-0.2, -0.15) is 11.8 Å². The Morgan fingerprint density at radius 2 is 2.21 bits per heavy atom. The van der Waals surface area contributed by atoms with Gasteiger partial charge >= 0.3 is 0 Å². The molecule has 2 fully saturated rings. The van der Waals surface area contributed by atoms with Gasteiger partial charge in [0.15, 0.2) is 0 Å². The van der Waals surface area contributed by atoms with Crippen molar-refractivity contribution in [2.75, 3.05) is 6.26 Å². The number of hydrogen-bond donors (Lipinski definition) is 0. The Morgan fingerprint density at radius 3 is 2.93 bits per heavy atom. The lowest BCUT2D eigenvalue weighted by atomic mass is 9.60. The van der Waals surface area contributed by atoms with Crippen LogP contribution >= 0.6 is 11.8 Å². The Morgan fingerprint density at radius 1 is 1.43 bits per heavy atom. The molecule has 0 aliphatic heterocycles. The minimum atomic E-state index is 0.300. The van der Waals surface area contributed by atoms with Crippen LogP contribution in [0.1, 0.15) is 45.4 Å². The van der Waals surface area contributed by atoms with Gasteiger partial charge < -0.3 is 0 Å². The number of carbonyl (C=O) groups excluding carboxylic acids is 1. The number of thioether (sulfide) groups is 1. The molecule has 2 aliphatic carbocycles. The van der Waals surface area contributed by atoms with Crippen molar-refractivity contribution in [2.45, 2.75) is 50.7 Å². The summed E-state index contributed by atoms with van der Waals surface area (Å²) in [6.45, 7) is 2.41. The Kier molecular flexibility index (Phi) is 2.92. The average molecular weight is 212 g/mol. The summed E-state index contributed by atoms with van der Waals surface area (Å²) in [5.41, 5.74) is 0.486. The van der Waals surface area contributed by atoms with E-state index in [0.29, 0.717) is 22.4 Å². The van der Waals surface area contributed by atoms with E-state index >= 15 is 0 Å². The van der Waals surface area contributed by atoms with Crippen molar-refractivity contribution in [1.29, 1.82) is 0 Å². The van der Waals surface area contributed by atoms with Crippen LogP contribution in [0, 0.1) is 11.3 Å². The first-order chi connectivity index (χ1) is 6.65. The molecule has 80 valence electrons. The summed E-state index contributed by atoms with van der Waals surface area (Å²) in [6, 6.07) is 0. The molecule has 0 aromatic carbocycles. The first-order valence-electron chi connectivity index (χ1n) is 5.71. The van der Waals surface area contributed by atoms with Crippen LogP contribution < -0.4 is 0 Å². The molecule has 0 aromatic heterocycles. The second-order valence-corrected chi connectivity index (χ2v) is 6.24. The molecule has 0 radical (unpaired) electrons. The Bertz CT molecular complexity index is 238. The highest BCUT2D eigenvalue weighted by atomic mass is 32.2. The van der Waals surface area contributed by atoms with Gasteiger partial charge in [-0.25, -0.2) is 0 Å². The summed E-state index contributed by atoms with van der Waals surface area (Å²) in [5, 5.41) is 0.300. The lowest BCUT2D eigenvalue weighted by Crippen LogP contribution is -2.42. The van der Waals surface area contributed by atoms with Crippen LogP contribution in [0.2, 0.25) is 0 Å². The fourth-order valence-corrected chi connectivity index (χ4v) is 4.12. The highest BCUT2D eigenvalue weighted by Gasteiger charge is 2.44. The van der Waals surface area contributed by atoms with Gasteiger partial charge in [-0.1, -0.05) is 19.8 Å². The van der Waals surface area contributed by atoms with E-state index in [2.05, 4.69) is 13.2 Å². The fraction of sp³-hybridized carbons (Fsp3) is 0.917. The van der Waals surface area contributed by atoms with Crippen LogP contribution in [0.4, 0.5) is 0 Å². The van der Waals surface area contributed by atoms with E-state index in [9.17, 15) is 4.79 Å². The van der Waals surface area contributed by atoms with Crippen LogP contribution in [-0.2, 0) is 4.79 Å². The molecular weight excluding hydrogens is 192 g/mol. The Labute approximate surface area is 91.0 Å². The summed E-state index contributed by atoms with van der Waals surface area (Å²) in [5.74, 6) is 1.22. The quantitative estimate of drug-likeness (QED) is 0.663. The number of hydrogen-bond acceptors (Lipinski definition) is 2. The average Bonchev–Trinajstić information content (AvgIpc) is 2.18. The zero-order valence-corrected chi connectivity index (χ0v) is 10.0. The zero-order chi connectivity index (χ0) is 10.2. The summed E-state index contributed by atoms with van der Waals surface area (Å²) in [7, 11) is 0. The molecule has 0 amide bonds. The third-order valence-corrected chi connectivity index (χ3v) is 5.28. The second kappa shape index (κ2) is 3.88. The summed E-state index contributed by atoms with van der Waals surface area (Å²) >= 11 is 1.76. The molecule has 0 saturated heterocycles. The van der Waals surface area contributed by atoms with Crippen molar-refractivity contribution >= 4 is 17.5 Å². The number of carbonyl (C=O) groups is 1. The molecule has 3 atom stereocenters. The minimum Gasteiger partial charge on any atom is -0.298 e. The largest absolute Gasteiger partial charge is 0.298 e.